The number of nitrogens with one attached hydrogen (secondary N) is 2. The van der Waals surface area contributed by atoms with Gasteiger partial charge in [0.2, 0.25) is 0 Å². The molecular weight excluding hydrogens is 477 g/mol. The Morgan fingerprint density at radius 3 is 2.63 bits per heavy atom. The average Bonchev–Trinajstić information content (AvgIpc) is 3.58. The Kier molecular flexibility index (Phi) is 5.43. The van der Waals surface area contributed by atoms with Crippen LogP contribution in [0, 0.1) is 5.92 Å². The lowest BCUT2D eigenvalue weighted by molar-refractivity contribution is 0.00578. The molecule has 2 atom stereocenters. The fourth-order valence-corrected chi connectivity index (χ4v) is 6.00. The van der Waals surface area contributed by atoms with Crippen LogP contribution in [0.15, 0.2) is 42.5 Å². The van der Waals surface area contributed by atoms with Gasteiger partial charge in [-0.05, 0) is 80.2 Å². The number of hydrogen-bond donors (Lipinski definition) is 2. The highest BCUT2D eigenvalue weighted by Crippen LogP contribution is 2.42. The Bertz CT molecular complexity index is 1550. The summed E-state index contributed by atoms with van der Waals surface area (Å²) in [5.74, 6) is 2.40. The normalized spacial score (nSPS) is 23.6. The average molecular weight is 511 g/mol. The smallest absolute Gasteiger partial charge is 0.488 e. The second-order valence-corrected chi connectivity index (χ2v) is 12.0. The Morgan fingerprint density at radius 2 is 1.84 bits per heavy atom. The van der Waals surface area contributed by atoms with Crippen LogP contribution in [0.1, 0.15) is 51.5 Å². The van der Waals surface area contributed by atoms with Crippen LogP contribution in [0.3, 0.4) is 0 Å². The van der Waals surface area contributed by atoms with Gasteiger partial charge in [-0.2, -0.15) is 0 Å². The van der Waals surface area contributed by atoms with Crippen LogP contribution < -0.4 is 15.5 Å². The third-order valence-corrected chi connectivity index (χ3v) is 8.87. The van der Waals surface area contributed by atoms with Crippen LogP contribution >= 0.6 is 0 Å². The zero-order chi connectivity index (χ0) is 26.2. The molecule has 0 saturated carbocycles. The van der Waals surface area contributed by atoms with Gasteiger partial charge in [0.15, 0.2) is 0 Å². The number of benzene rings is 3. The molecular formula is C30H34BN3O4. The van der Waals surface area contributed by atoms with Crippen molar-refractivity contribution >= 4 is 34.4 Å². The van der Waals surface area contributed by atoms with Gasteiger partial charge in [-0.25, -0.2) is 4.98 Å². The van der Waals surface area contributed by atoms with Crippen molar-refractivity contribution in [3.8, 4) is 16.9 Å². The van der Waals surface area contributed by atoms with Crippen LogP contribution in [0.2, 0.25) is 0 Å². The second kappa shape index (κ2) is 8.55. The summed E-state index contributed by atoms with van der Waals surface area (Å²) in [5, 5.41) is 5.85. The van der Waals surface area contributed by atoms with E-state index in [1.54, 1.807) is 7.11 Å². The quantitative estimate of drug-likeness (QED) is 0.381. The number of hydrogen-bond acceptors (Lipinski definition) is 6. The first-order valence-electron chi connectivity index (χ1n) is 13.5. The molecule has 2 N–H and O–H groups in total. The molecule has 3 aliphatic heterocycles. The molecule has 3 aliphatic rings. The van der Waals surface area contributed by atoms with Crippen LogP contribution in [0.5, 0.6) is 5.75 Å². The molecule has 4 aromatic rings. The Morgan fingerprint density at radius 1 is 1.03 bits per heavy atom. The first-order chi connectivity index (χ1) is 18.2. The van der Waals surface area contributed by atoms with E-state index in [0.717, 1.165) is 69.5 Å². The zero-order valence-corrected chi connectivity index (χ0v) is 22.7. The maximum absolute atomic E-state index is 6.31. The largest absolute Gasteiger partial charge is 0.494 e. The fraction of sp³-hybridized carbons (Fsp3) is 0.433. The minimum atomic E-state index is -0.385. The van der Waals surface area contributed by atoms with Crippen molar-refractivity contribution in [2.24, 2.45) is 5.92 Å². The molecule has 2 saturated heterocycles. The summed E-state index contributed by atoms with van der Waals surface area (Å²) in [6, 6.07) is 15.4. The van der Waals surface area contributed by atoms with Crippen molar-refractivity contribution in [1.29, 1.82) is 0 Å². The van der Waals surface area contributed by atoms with E-state index in [-0.39, 0.29) is 24.4 Å². The van der Waals surface area contributed by atoms with Crippen molar-refractivity contribution in [3.63, 3.8) is 0 Å². The molecule has 0 radical (unpaired) electrons. The number of rotatable bonds is 4. The highest BCUT2D eigenvalue weighted by atomic mass is 16.7. The molecule has 38 heavy (non-hydrogen) atoms. The summed E-state index contributed by atoms with van der Waals surface area (Å²) in [6.45, 7) is 10.6. The maximum atomic E-state index is 6.31. The Hall–Kier alpha value is -2.91. The third kappa shape index (κ3) is 3.77. The van der Waals surface area contributed by atoms with Gasteiger partial charge in [-0.3, -0.25) is 0 Å². The number of fused-ring (bicyclic) bond motifs is 6. The monoisotopic (exact) mass is 511 g/mol. The zero-order valence-electron chi connectivity index (χ0n) is 22.7. The first-order valence-corrected chi connectivity index (χ1v) is 13.5. The van der Waals surface area contributed by atoms with E-state index in [0.29, 0.717) is 12.5 Å². The summed E-state index contributed by atoms with van der Waals surface area (Å²) in [5.41, 5.74) is 5.76. The van der Waals surface area contributed by atoms with E-state index in [4.69, 9.17) is 23.8 Å². The van der Waals surface area contributed by atoms with Crippen molar-refractivity contribution < 1.29 is 18.8 Å². The van der Waals surface area contributed by atoms with Gasteiger partial charge in [0.05, 0.1) is 34.9 Å². The molecule has 7 nitrogen and oxygen atoms in total. The molecule has 1 aromatic heterocycles. The van der Waals surface area contributed by atoms with Gasteiger partial charge in [0.1, 0.15) is 18.2 Å². The highest BCUT2D eigenvalue weighted by molar-refractivity contribution is 6.62. The van der Waals surface area contributed by atoms with E-state index in [9.17, 15) is 0 Å². The lowest BCUT2D eigenvalue weighted by Gasteiger charge is -2.32. The summed E-state index contributed by atoms with van der Waals surface area (Å²) in [6.07, 6.45) is 1.02. The molecule has 0 unspecified atom stereocenters. The molecule has 0 amide bonds. The molecule has 3 aromatic carbocycles. The second-order valence-electron chi connectivity index (χ2n) is 12.0. The van der Waals surface area contributed by atoms with Gasteiger partial charge in [0, 0.05) is 24.6 Å². The number of H-pyrrole nitrogens is 1. The minimum absolute atomic E-state index is 0.219. The van der Waals surface area contributed by atoms with Crippen LogP contribution in [0.4, 0.5) is 0 Å². The topological polar surface area (TPSA) is 77.6 Å². The van der Waals surface area contributed by atoms with E-state index in [1.807, 2.05) is 0 Å². The van der Waals surface area contributed by atoms with E-state index in [2.05, 4.69) is 80.5 Å². The van der Waals surface area contributed by atoms with Gasteiger partial charge >= 0.3 is 7.12 Å². The van der Waals surface area contributed by atoms with Gasteiger partial charge in [0.25, 0.3) is 0 Å². The van der Waals surface area contributed by atoms with E-state index in [1.165, 1.54) is 5.56 Å². The molecule has 4 heterocycles. The number of nitrogens with zero attached hydrogens (tertiary/aromatic N) is 1. The van der Waals surface area contributed by atoms with Crippen molar-refractivity contribution in [2.75, 3.05) is 20.3 Å². The lowest BCUT2D eigenvalue weighted by atomic mass is 9.77. The predicted molar refractivity (Wildman–Crippen MR) is 150 cm³/mol. The van der Waals surface area contributed by atoms with Gasteiger partial charge in [-0.15, -0.1) is 0 Å². The summed E-state index contributed by atoms with van der Waals surface area (Å²) in [4.78, 5) is 8.60. The molecule has 0 bridgehead atoms. The number of methoxy groups -OCH3 is 1. The lowest BCUT2D eigenvalue weighted by Crippen LogP contribution is -2.41. The number of ether oxygens (including phenoxy) is 2. The van der Waals surface area contributed by atoms with Crippen molar-refractivity contribution in [1.82, 2.24) is 15.3 Å². The number of imidazole rings is 1. The Balaban J connectivity index is 1.22. The molecule has 7 rings (SSSR count). The molecule has 2 fully saturated rings. The summed E-state index contributed by atoms with van der Waals surface area (Å²) >= 11 is 0. The summed E-state index contributed by atoms with van der Waals surface area (Å²) < 4.78 is 24.2. The van der Waals surface area contributed by atoms with Gasteiger partial charge < -0.3 is 29.1 Å². The Labute approximate surface area is 223 Å². The van der Waals surface area contributed by atoms with Gasteiger partial charge in [-0.1, -0.05) is 24.3 Å². The van der Waals surface area contributed by atoms with Crippen LogP contribution in [0.25, 0.3) is 32.9 Å². The molecule has 0 aliphatic carbocycles. The molecule has 0 spiro atoms. The van der Waals surface area contributed by atoms with E-state index < -0.39 is 0 Å². The van der Waals surface area contributed by atoms with Crippen LogP contribution in [-0.2, 0) is 20.7 Å². The standard InChI is InChI=1S/C30H34BN3O4/c1-29(2)30(3,4)38-31(37-29)20-7-8-21-19(11-20)16-36-26-13-22-18(12-23(21)26)6-9-24-27(22)34-28(33-24)25-10-17(14-32-25)15-35-5/h6-9,11-13,17,25,32H,10,14-16H2,1-5H3,(H,33,34)/t17-,25-/m0/s1. The SMILES string of the molecule is COC[C@@H]1CN[C@H](c2nc3c(ccc4cc5c(cc43)OCc3cc(B4OC(C)(C)C(C)(C)O4)ccc3-5)[nH]2)C1. The highest BCUT2D eigenvalue weighted by Gasteiger charge is 2.51. The fourth-order valence-electron chi connectivity index (χ4n) is 6.00. The summed E-state index contributed by atoms with van der Waals surface area (Å²) in [7, 11) is 1.38. The number of aromatic amines is 1. The number of aromatic nitrogens is 2. The molecule has 8 heteroatoms. The van der Waals surface area contributed by atoms with Crippen molar-refractivity contribution in [2.45, 2.75) is 58.0 Å². The van der Waals surface area contributed by atoms with Crippen LogP contribution in [-0.4, -0.2) is 48.5 Å². The van der Waals surface area contributed by atoms with Crippen molar-refractivity contribution in [3.05, 3.63) is 53.9 Å². The maximum Gasteiger partial charge on any atom is 0.494 e. The van der Waals surface area contributed by atoms with E-state index >= 15 is 0 Å². The first kappa shape index (κ1) is 24.2. The third-order valence-electron chi connectivity index (χ3n) is 8.87. The minimum Gasteiger partial charge on any atom is -0.488 e. The molecule has 196 valence electrons. The predicted octanol–water partition coefficient (Wildman–Crippen LogP) is 4.87.